The van der Waals surface area contributed by atoms with E-state index in [-0.39, 0.29) is 6.61 Å². The van der Waals surface area contributed by atoms with Crippen molar-refractivity contribution in [3.05, 3.63) is 16.6 Å². The lowest BCUT2D eigenvalue weighted by molar-refractivity contribution is 0.285. The van der Waals surface area contributed by atoms with Gasteiger partial charge in [0, 0.05) is 0 Å². The molecule has 0 saturated carbocycles. The zero-order chi connectivity index (χ0) is 7.56. The summed E-state index contributed by atoms with van der Waals surface area (Å²) in [5.41, 5.74) is 1.08. The first-order valence-electron chi connectivity index (χ1n) is 3.30. The molecule has 3 heteroatoms. The van der Waals surface area contributed by atoms with Gasteiger partial charge in [0.15, 0.2) is 0 Å². The Morgan fingerprint density at radius 2 is 2.40 bits per heavy atom. The molecule has 0 fully saturated rings. The predicted octanol–water partition coefficient (Wildman–Crippen LogP) is 1.76. The molecule has 0 aromatic carbocycles. The molecular weight excluding hydrogens is 146 g/mol. The van der Waals surface area contributed by atoms with Gasteiger partial charge in [-0.15, -0.1) is 0 Å². The van der Waals surface area contributed by atoms with Crippen LogP contribution in [0.25, 0.3) is 0 Å². The highest BCUT2D eigenvalue weighted by Gasteiger charge is 2.03. The quantitative estimate of drug-likeness (QED) is 0.709. The Morgan fingerprint density at radius 1 is 1.70 bits per heavy atom. The van der Waals surface area contributed by atoms with Gasteiger partial charge in [-0.2, -0.15) is 4.37 Å². The topological polar surface area (TPSA) is 33.1 Å². The summed E-state index contributed by atoms with van der Waals surface area (Å²) in [6, 6.07) is 1.95. The van der Waals surface area contributed by atoms with Crippen LogP contribution in [0.5, 0.6) is 0 Å². The average molecular weight is 157 g/mol. The third-order valence-corrected chi connectivity index (χ3v) is 2.11. The molecule has 0 amide bonds. The Hall–Kier alpha value is -0.410. The number of aromatic nitrogens is 1. The van der Waals surface area contributed by atoms with E-state index in [0.29, 0.717) is 5.92 Å². The Labute approximate surface area is 64.7 Å². The van der Waals surface area contributed by atoms with Crippen molar-refractivity contribution >= 4 is 11.5 Å². The molecule has 0 bridgehead atoms. The molecule has 0 aliphatic heterocycles. The summed E-state index contributed by atoms with van der Waals surface area (Å²) in [4.78, 5) is 0.948. The van der Waals surface area contributed by atoms with E-state index in [1.807, 2.05) is 6.07 Å². The fourth-order valence-electron chi connectivity index (χ4n) is 0.676. The first-order chi connectivity index (χ1) is 4.74. The van der Waals surface area contributed by atoms with Crippen LogP contribution in [0, 0.1) is 0 Å². The van der Waals surface area contributed by atoms with Gasteiger partial charge in [0.25, 0.3) is 0 Å². The van der Waals surface area contributed by atoms with Crippen molar-refractivity contribution in [2.75, 3.05) is 0 Å². The Morgan fingerprint density at radius 3 is 2.70 bits per heavy atom. The van der Waals surface area contributed by atoms with E-state index < -0.39 is 0 Å². The van der Waals surface area contributed by atoms with Crippen molar-refractivity contribution in [3.8, 4) is 0 Å². The SMILES string of the molecule is CC(C)c1cc(CO)sn1. The molecule has 56 valence electrons. The normalized spacial score (nSPS) is 10.8. The standard InChI is InChI=1S/C7H11NOS/c1-5(2)7-3-6(4-9)10-8-7/h3,5,9H,4H2,1-2H3. The second-order valence-corrected chi connectivity index (χ2v) is 3.42. The summed E-state index contributed by atoms with van der Waals surface area (Å²) in [6.45, 7) is 4.30. The molecule has 1 N–H and O–H groups in total. The lowest BCUT2D eigenvalue weighted by Crippen LogP contribution is -1.84. The molecule has 0 atom stereocenters. The molecule has 1 rings (SSSR count). The number of hydrogen-bond donors (Lipinski definition) is 1. The van der Waals surface area contributed by atoms with Gasteiger partial charge >= 0.3 is 0 Å². The van der Waals surface area contributed by atoms with E-state index in [9.17, 15) is 0 Å². The van der Waals surface area contributed by atoms with Gasteiger partial charge in [-0.3, -0.25) is 0 Å². The molecule has 0 radical (unpaired) electrons. The molecule has 0 aliphatic carbocycles. The highest BCUT2D eigenvalue weighted by atomic mass is 32.1. The van der Waals surface area contributed by atoms with Crippen molar-refractivity contribution < 1.29 is 5.11 Å². The number of nitrogens with zero attached hydrogens (tertiary/aromatic N) is 1. The number of hydrogen-bond acceptors (Lipinski definition) is 3. The van der Waals surface area contributed by atoms with Crippen LogP contribution in [0.1, 0.15) is 30.3 Å². The summed E-state index contributed by atoms with van der Waals surface area (Å²) >= 11 is 1.38. The van der Waals surface area contributed by atoms with Gasteiger partial charge in [-0.05, 0) is 23.5 Å². The van der Waals surface area contributed by atoms with Crippen LogP contribution >= 0.6 is 11.5 Å². The minimum absolute atomic E-state index is 0.115. The smallest absolute Gasteiger partial charge is 0.0790 e. The summed E-state index contributed by atoms with van der Waals surface area (Å²) in [5.74, 6) is 0.469. The zero-order valence-corrected chi connectivity index (χ0v) is 6.98. The Kier molecular flexibility index (Phi) is 2.40. The van der Waals surface area contributed by atoms with Crippen LogP contribution in [0.2, 0.25) is 0 Å². The largest absolute Gasteiger partial charge is 0.391 e. The zero-order valence-electron chi connectivity index (χ0n) is 6.16. The van der Waals surface area contributed by atoms with Crippen LogP contribution in [-0.4, -0.2) is 9.48 Å². The molecule has 2 nitrogen and oxygen atoms in total. The van der Waals surface area contributed by atoms with Crippen molar-refractivity contribution in [3.63, 3.8) is 0 Å². The first kappa shape index (κ1) is 7.69. The molecule has 0 spiro atoms. The summed E-state index contributed by atoms with van der Waals surface area (Å²) in [5, 5.41) is 8.70. The van der Waals surface area contributed by atoms with Gasteiger partial charge < -0.3 is 5.11 Å². The minimum atomic E-state index is 0.115. The lowest BCUT2D eigenvalue weighted by Gasteiger charge is -1.94. The first-order valence-corrected chi connectivity index (χ1v) is 4.07. The van der Waals surface area contributed by atoms with Gasteiger partial charge in [-0.25, -0.2) is 0 Å². The van der Waals surface area contributed by atoms with Crippen molar-refractivity contribution in [1.29, 1.82) is 0 Å². The average Bonchev–Trinajstić information content (AvgIpc) is 2.34. The van der Waals surface area contributed by atoms with E-state index >= 15 is 0 Å². The fourth-order valence-corrected chi connectivity index (χ4v) is 1.39. The molecule has 0 unspecified atom stereocenters. The molecule has 0 aliphatic rings. The number of aliphatic hydroxyl groups is 1. The van der Waals surface area contributed by atoms with Gasteiger partial charge in [0.1, 0.15) is 0 Å². The summed E-state index contributed by atoms with van der Waals surface area (Å²) in [6.07, 6.45) is 0. The van der Waals surface area contributed by atoms with Gasteiger partial charge in [-0.1, -0.05) is 13.8 Å². The van der Waals surface area contributed by atoms with Crippen LogP contribution in [0.4, 0.5) is 0 Å². The van der Waals surface area contributed by atoms with E-state index in [1.165, 1.54) is 11.5 Å². The second kappa shape index (κ2) is 3.12. The summed E-state index contributed by atoms with van der Waals surface area (Å²) < 4.78 is 4.17. The Bertz CT molecular complexity index is 207. The van der Waals surface area contributed by atoms with Crippen LogP contribution in [0.15, 0.2) is 6.07 Å². The van der Waals surface area contributed by atoms with Crippen LogP contribution in [-0.2, 0) is 6.61 Å². The van der Waals surface area contributed by atoms with Crippen molar-refractivity contribution in [2.24, 2.45) is 0 Å². The van der Waals surface area contributed by atoms with Crippen molar-refractivity contribution in [2.45, 2.75) is 26.4 Å². The third kappa shape index (κ3) is 1.55. The highest BCUT2D eigenvalue weighted by molar-refractivity contribution is 7.05. The van der Waals surface area contributed by atoms with E-state index in [1.54, 1.807) is 0 Å². The highest BCUT2D eigenvalue weighted by Crippen LogP contribution is 2.17. The molecule has 1 heterocycles. The van der Waals surface area contributed by atoms with Crippen molar-refractivity contribution in [1.82, 2.24) is 4.37 Å². The maximum atomic E-state index is 8.70. The fraction of sp³-hybridized carbons (Fsp3) is 0.571. The third-order valence-electron chi connectivity index (χ3n) is 1.32. The number of aliphatic hydroxyl groups excluding tert-OH is 1. The molecular formula is C7H11NOS. The monoisotopic (exact) mass is 157 g/mol. The van der Waals surface area contributed by atoms with Gasteiger partial charge in [0.2, 0.25) is 0 Å². The van der Waals surface area contributed by atoms with Crippen LogP contribution < -0.4 is 0 Å². The molecule has 10 heavy (non-hydrogen) atoms. The minimum Gasteiger partial charge on any atom is -0.391 e. The summed E-state index contributed by atoms with van der Waals surface area (Å²) in [7, 11) is 0. The predicted molar refractivity (Wildman–Crippen MR) is 42.1 cm³/mol. The van der Waals surface area contributed by atoms with E-state index in [4.69, 9.17) is 5.11 Å². The van der Waals surface area contributed by atoms with E-state index in [2.05, 4.69) is 18.2 Å². The molecule has 0 saturated heterocycles. The maximum absolute atomic E-state index is 8.70. The van der Waals surface area contributed by atoms with E-state index in [0.717, 1.165) is 10.6 Å². The second-order valence-electron chi connectivity index (χ2n) is 2.53. The number of rotatable bonds is 2. The van der Waals surface area contributed by atoms with Crippen LogP contribution in [0.3, 0.4) is 0 Å². The Balaban J connectivity index is 2.78. The lowest BCUT2D eigenvalue weighted by atomic mass is 10.1. The van der Waals surface area contributed by atoms with Gasteiger partial charge in [0.05, 0.1) is 17.2 Å². The molecule has 1 aromatic rings. The molecule has 1 aromatic heterocycles. The maximum Gasteiger partial charge on any atom is 0.0790 e.